The Kier molecular flexibility index (Phi) is 4.14. The summed E-state index contributed by atoms with van der Waals surface area (Å²) in [7, 11) is -2.90. The van der Waals surface area contributed by atoms with Crippen LogP contribution < -0.4 is 0 Å². The van der Waals surface area contributed by atoms with Gasteiger partial charge in [0.2, 0.25) is 0 Å². The van der Waals surface area contributed by atoms with Crippen LogP contribution in [0, 0.1) is 0 Å². The fourth-order valence-electron chi connectivity index (χ4n) is 2.04. The Labute approximate surface area is 98.7 Å². The van der Waals surface area contributed by atoms with Crippen LogP contribution in [0.25, 0.3) is 0 Å². The van der Waals surface area contributed by atoms with Gasteiger partial charge in [0.1, 0.15) is 0 Å². The van der Waals surface area contributed by atoms with E-state index < -0.39 is 9.84 Å². The maximum atomic E-state index is 11.6. The third-order valence-electron chi connectivity index (χ3n) is 2.94. The molecule has 0 saturated carbocycles. The lowest BCUT2D eigenvalue weighted by atomic mass is 9.98. The van der Waals surface area contributed by atoms with Crippen LogP contribution in [0.15, 0.2) is 35.5 Å². The first-order chi connectivity index (χ1) is 7.34. The molecule has 16 heavy (non-hydrogen) atoms. The highest BCUT2D eigenvalue weighted by atomic mass is 32.2. The molecular weight excluding hydrogens is 220 g/mol. The fourth-order valence-corrected chi connectivity index (χ4v) is 3.49. The zero-order valence-corrected chi connectivity index (χ0v) is 11.1. The smallest absolute Gasteiger partial charge is 0.160 e. The van der Waals surface area contributed by atoms with Gasteiger partial charge < -0.3 is 0 Å². The average Bonchev–Trinajstić information content (AvgIpc) is 2.44. The van der Waals surface area contributed by atoms with E-state index in [1.807, 2.05) is 26.8 Å². The van der Waals surface area contributed by atoms with E-state index in [2.05, 4.69) is 6.58 Å². The quantitative estimate of drug-likeness (QED) is 0.559. The van der Waals surface area contributed by atoms with E-state index in [1.165, 1.54) is 11.1 Å². The van der Waals surface area contributed by atoms with Gasteiger partial charge in [0.15, 0.2) is 9.84 Å². The molecule has 0 fully saturated rings. The summed E-state index contributed by atoms with van der Waals surface area (Å²) in [6.45, 7) is 10.00. The van der Waals surface area contributed by atoms with Crippen molar-refractivity contribution in [3.8, 4) is 0 Å². The Hall–Kier alpha value is -0.830. The van der Waals surface area contributed by atoms with Crippen molar-refractivity contribution in [3.63, 3.8) is 0 Å². The number of sulfone groups is 1. The largest absolute Gasteiger partial charge is 0.228 e. The van der Waals surface area contributed by atoms with Crippen molar-refractivity contribution in [1.82, 2.24) is 0 Å². The van der Waals surface area contributed by atoms with Gasteiger partial charge >= 0.3 is 0 Å². The van der Waals surface area contributed by atoms with Crippen LogP contribution in [0.4, 0.5) is 0 Å². The van der Waals surface area contributed by atoms with Gasteiger partial charge in [-0.2, -0.15) is 0 Å². The number of rotatable bonds is 4. The molecule has 0 aromatic rings. The van der Waals surface area contributed by atoms with Gasteiger partial charge in [0.25, 0.3) is 0 Å². The highest BCUT2D eigenvalue weighted by Gasteiger charge is 2.26. The predicted octanol–water partition coefficient (Wildman–Crippen LogP) is 3.03. The van der Waals surface area contributed by atoms with Crippen molar-refractivity contribution in [2.45, 2.75) is 38.9 Å². The molecule has 0 aromatic carbocycles. The van der Waals surface area contributed by atoms with Crippen LogP contribution in [0.2, 0.25) is 0 Å². The van der Waals surface area contributed by atoms with Crippen molar-refractivity contribution in [3.05, 3.63) is 35.5 Å². The Morgan fingerprint density at radius 1 is 1.38 bits per heavy atom. The maximum absolute atomic E-state index is 11.6. The Morgan fingerprint density at radius 3 is 2.38 bits per heavy atom. The minimum absolute atomic E-state index is 0.203. The topological polar surface area (TPSA) is 34.1 Å². The molecule has 0 radical (unpaired) electrons. The first kappa shape index (κ1) is 13.2. The molecular formula is C13H20O2S. The van der Waals surface area contributed by atoms with Crippen LogP contribution in [0.5, 0.6) is 0 Å². The van der Waals surface area contributed by atoms with Crippen molar-refractivity contribution in [1.29, 1.82) is 0 Å². The summed E-state index contributed by atoms with van der Waals surface area (Å²) in [5, 5.41) is -0.291. The van der Waals surface area contributed by atoms with Crippen molar-refractivity contribution in [2.75, 3.05) is 5.75 Å². The molecule has 1 heterocycles. The molecule has 0 N–H and O–H groups in total. The predicted molar refractivity (Wildman–Crippen MR) is 69.1 cm³/mol. The normalized spacial score (nSPS) is 22.1. The second kappa shape index (κ2) is 5.00. The van der Waals surface area contributed by atoms with Gasteiger partial charge in [0, 0.05) is 0 Å². The molecule has 0 saturated heterocycles. The second-order valence-electron chi connectivity index (χ2n) is 4.59. The minimum Gasteiger partial charge on any atom is -0.228 e. The highest BCUT2D eigenvalue weighted by molar-refractivity contribution is 7.92. The summed E-state index contributed by atoms with van der Waals surface area (Å²) < 4.78 is 23.2. The zero-order chi connectivity index (χ0) is 12.3. The zero-order valence-electron chi connectivity index (χ0n) is 10.3. The standard InChI is InChI=1S/C13H20O2S/c1-10(2)13(11(3)4)8-7-12-6-5-9-16(12,14)15/h5-6,12H,1,7-9H2,2-4H3. The summed E-state index contributed by atoms with van der Waals surface area (Å²) in [5.41, 5.74) is 3.47. The monoisotopic (exact) mass is 240 g/mol. The molecule has 3 heteroatoms. The Morgan fingerprint density at radius 2 is 2.00 bits per heavy atom. The van der Waals surface area contributed by atoms with E-state index >= 15 is 0 Å². The first-order valence-corrected chi connectivity index (χ1v) is 7.26. The molecule has 1 aliphatic rings. The third-order valence-corrected chi connectivity index (χ3v) is 4.91. The summed E-state index contributed by atoms with van der Waals surface area (Å²) in [4.78, 5) is 0. The van der Waals surface area contributed by atoms with Crippen molar-refractivity contribution >= 4 is 9.84 Å². The summed E-state index contributed by atoms with van der Waals surface area (Å²) in [6.07, 6.45) is 5.04. The molecule has 0 spiro atoms. The van der Waals surface area contributed by atoms with Gasteiger partial charge in [-0.25, -0.2) is 8.42 Å². The fraction of sp³-hybridized carbons (Fsp3) is 0.538. The van der Waals surface area contributed by atoms with E-state index in [0.717, 1.165) is 12.0 Å². The van der Waals surface area contributed by atoms with Crippen LogP contribution in [0.3, 0.4) is 0 Å². The lowest BCUT2D eigenvalue weighted by Gasteiger charge is -2.12. The summed E-state index contributed by atoms with van der Waals surface area (Å²) in [5.74, 6) is 0.203. The third kappa shape index (κ3) is 3.08. The number of allylic oxidation sites excluding steroid dienone is 3. The molecule has 90 valence electrons. The summed E-state index contributed by atoms with van der Waals surface area (Å²) >= 11 is 0. The molecule has 0 bridgehead atoms. The van der Waals surface area contributed by atoms with E-state index in [9.17, 15) is 8.42 Å². The molecule has 0 aliphatic carbocycles. The lowest BCUT2D eigenvalue weighted by molar-refractivity contribution is 0.589. The second-order valence-corrected chi connectivity index (χ2v) is 6.86. The SMILES string of the molecule is C=C(C)C(CCC1C=CCS1(=O)=O)=C(C)C. The Bertz CT molecular complexity index is 435. The molecule has 1 rings (SSSR count). The Balaban J connectivity index is 2.68. The molecule has 0 aromatic heterocycles. The average molecular weight is 240 g/mol. The molecule has 1 atom stereocenters. The molecule has 2 nitrogen and oxygen atoms in total. The lowest BCUT2D eigenvalue weighted by Crippen LogP contribution is -2.16. The van der Waals surface area contributed by atoms with Gasteiger partial charge in [-0.1, -0.05) is 29.9 Å². The van der Waals surface area contributed by atoms with E-state index in [4.69, 9.17) is 0 Å². The van der Waals surface area contributed by atoms with Crippen molar-refractivity contribution in [2.24, 2.45) is 0 Å². The van der Waals surface area contributed by atoms with E-state index in [-0.39, 0.29) is 11.0 Å². The van der Waals surface area contributed by atoms with E-state index in [0.29, 0.717) is 6.42 Å². The number of hydrogen-bond acceptors (Lipinski definition) is 2. The molecule has 1 unspecified atom stereocenters. The maximum Gasteiger partial charge on any atom is 0.160 e. The first-order valence-electron chi connectivity index (χ1n) is 5.55. The van der Waals surface area contributed by atoms with Crippen LogP contribution in [0.1, 0.15) is 33.6 Å². The van der Waals surface area contributed by atoms with Crippen LogP contribution >= 0.6 is 0 Å². The number of hydrogen-bond donors (Lipinski definition) is 0. The van der Waals surface area contributed by atoms with Gasteiger partial charge in [-0.05, 0) is 39.2 Å². The van der Waals surface area contributed by atoms with Crippen molar-refractivity contribution < 1.29 is 8.42 Å². The summed E-state index contributed by atoms with van der Waals surface area (Å²) in [6, 6.07) is 0. The van der Waals surface area contributed by atoms with Crippen LogP contribution in [-0.2, 0) is 9.84 Å². The molecule has 0 amide bonds. The highest BCUT2D eigenvalue weighted by Crippen LogP contribution is 2.24. The molecule has 1 aliphatic heterocycles. The minimum atomic E-state index is -2.90. The van der Waals surface area contributed by atoms with Crippen LogP contribution in [-0.4, -0.2) is 19.4 Å². The van der Waals surface area contributed by atoms with Gasteiger partial charge in [-0.3, -0.25) is 0 Å². The van der Waals surface area contributed by atoms with Gasteiger partial charge in [-0.15, -0.1) is 0 Å². The van der Waals surface area contributed by atoms with Gasteiger partial charge in [0.05, 0.1) is 11.0 Å². The van der Waals surface area contributed by atoms with E-state index in [1.54, 1.807) is 6.08 Å².